The summed E-state index contributed by atoms with van der Waals surface area (Å²) in [5.74, 6) is -0.699. The third kappa shape index (κ3) is 3.39. The molecule has 6 heteroatoms. The molecule has 1 amide bonds. The van der Waals surface area contributed by atoms with Crippen LogP contribution in [0.1, 0.15) is 34.3 Å². The van der Waals surface area contributed by atoms with Gasteiger partial charge in [0.2, 0.25) is 0 Å². The molecule has 2 aromatic rings. The molecule has 112 valence electrons. The van der Waals surface area contributed by atoms with Gasteiger partial charge in [-0.1, -0.05) is 5.16 Å². The maximum Gasteiger partial charge on any atom is 0.255 e. The number of halogens is 1. The van der Waals surface area contributed by atoms with E-state index in [0.29, 0.717) is 6.42 Å². The summed E-state index contributed by atoms with van der Waals surface area (Å²) < 4.78 is 18.0. The SMILES string of the molecule is Cc1noc(C)c1C[C@@H](C)NC(=O)c1ccc(F)cc1O. The molecule has 0 saturated heterocycles. The third-order valence-corrected chi connectivity index (χ3v) is 3.27. The molecule has 1 atom stereocenters. The molecule has 1 aromatic heterocycles. The number of hydrogen-bond donors (Lipinski definition) is 2. The highest BCUT2D eigenvalue weighted by Crippen LogP contribution is 2.19. The molecule has 0 saturated carbocycles. The molecular formula is C15H17FN2O3. The van der Waals surface area contributed by atoms with Crippen molar-refractivity contribution in [1.82, 2.24) is 10.5 Å². The lowest BCUT2D eigenvalue weighted by Crippen LogP contribution is -2.34. The summed E-state index contributed by atoms with van der Waals surface area (Å²) in [6, 6.07) is 3.11. The number of nitrogens with one attached hydrogen (secondary N) is 1. The Morgan fingerprint density at radius 2 is 2.19 bits per heavy atom. The second-order valence-electron chi connectivity index (χ2n) is 5.04. The van der Waals surface area contributed by atoms with Crippen molar-refractivity contribution in [2.45, 2.75) is 33.2 Å². The first-order valence-corrected chi connectivity index (χ1v) is 6.59. The molecular weight excluding hydrogens is 275 g/mol. The van der Waals surface area contributed by atoms with E-state index in [1.807, 2.05) is 20.8 Å². The summed E-state index contributed by atoms with van der Waals surface area (Å²) >= 11 is 0. The molecule has 1 aromatic carbocycles. The number of aromatic hydroxyl groups is 1. The van der Waals surface area contributed by atoms with E-state index in [4.69, 9.17) is 4.52 Å². The molecule has 0 radical (unpaired) electrons. The van der Waals surface area contributed by atoms with Crippen LogP contribution in [-0.4, -0.2) is 22.2 Å². The van der Waals surface area contributed by atoms with Gasteiger partial charge in [0.15, 0.2) is 0 Å². The number of phenolic OH excluding ortho intramolecular Hbond substituents is 1. The maximum absolute atomic E-state index is 12.9. The van der Waals surface area contributed by atoms with Gasteiger partial charge in [0.05, 0.1) is 11.3 Å². The van der Waals surface area contributed by atoms with E-state index in [9.17, 15) is 14.3 Å². The van der Waals surface area contributed by atoms with E-state index < -0.39 is 11.7 Å². The Hall–Kier alpha value is -2.37. The Kier molecular flexibility index (Phi) is 4.26. The molecule has 0 aliphatic heterocycles. The van der Waals surface area contributed by atoms with Crippen molar-refractivity contribution in [3.8, 4) is 5.75 Å². The fourth-order valence-corrected chi connectivity index (χ4v) is 2.15. The Morgan fingerprint density at radius 3 is 2.76 bits per heavy atom. The zero-order valence-corrected chi connectivity index (χ0v) is 12.1. The number of hydrogen-bond acceptors (Lipinski definition) is 4. The van der Waals surface area contributed by atoms with E-state index in [1.165, 1.54) is 6.07 Å². The van der Waals surface area contributed by atoms with Crippen LogP contribution in [0.25, 0.3) is 0 Å². The number of phenols is 1. The average molecular weight is 292 g/mol. The van der Waals surface area contributed by atoms with Gasteiger partial charge in [-0.2, -0.15) is 0 Å². The molecule has 0 aliphatic carbocycles. The molecule has 2 rings (SSSR count). The number of aromatic nitrogens is 1. The highest BCUT2D eigenvalue weighted by atomic mass is 19.1. The van der Waals surface area contributed by atoms with Gasteiger partial charge in [0.25, 0.3) is 5.91 Å². The third-order valence-electron chi connectivity index (χ3n) is 3.27. The number of amides is 1. The van der Waals surface area contributed by atoms with Crippen molar-refractivity contribution in [2.24, 2.45) is 0 Å². The van der Waals surface area contributed by atoms with Gasteiger partial charge in [-0.3, -0.25) is 4.79 Å². The fourth-order valence-electron chi connectivity index (χ4n) is 2.15. The smallest absolute Gasteiger partial charge is 0.255 e. The van der Waals surface area contributed by atoms with Gasteiger partial charge < -0.3 is 14.9 Å². The zero-order valence-electron chi connectivity index (χ0n) is 12.1. The van der Waals surface area contributed by atoms with Crippen molar-refractivity contribution in [2.75, 3.05) is 0 Å². The molecule has 0 bridgehead atoms. The topological polar surface area (TPSA) is 75.4 Å². The molecule has 5 nitrogen and oxygen atoms in total. The van der Waals surface area contributed by atoms with Gasteiger partial charge in [-0.05, 0) is 39.3 Å². The van der Waals surface area contributed by atoms with Crippen LogP contribution in [0.4, 0.5) is 4.39 Å². The molecule has 2 N–H and O–H groups in total. The maximum atomic E-state index is 12.9. The van der Waals surface area contributed by atoms with Crippen LogP contribution in [0.5, 0.6) is 5.75 Å². The lowest BCUT2D eigenvalue weighted by atomic mass is 10.1. The highest BCUT2D eigenvalue weighted by Gasteiger charge is 2.17. The lowest BCUT2D eigenvalue weighted by Gasteiger charge is -2.14. The minimum atomic E-state index is -0.590. The van der Waals surface area contributed by atoms with E-state index in [0.717, 1.165) is 29.2 Å². The number of carbonyl (C=O) groups excluding carboxylic acids is 1. The average Bonchev–Trinajstić information content (AvgIpc) is 2.70. The van der Waals surface area contributed by atoms with E-state index in [-0.39, 0.29) is 17.4 Å². The van der Waals surface area contributed by atoms with Crippen molar-refractivity contribution in [3.63, 3.8) is 0 Å². The van der Waals surface area contributed by atoms with Crippen LogP contribution in [0, 0.1) is 19.7 Å². The van der Waals surface area contributed by atoms with Gasteiger partial charge >= 0.3 is 0 Å². The first-order chi connectivity index (χ1) is 9.88. The lowest BCUT2D eigenvalue weighted by molar-refractivity contribution is 0.0937. The minimum Gasteiger partial charge on any atom is -0.507 e. The summed E-state index contributed by atoms with van der Waals surface area (Å²) in [4.78, 5) is 12.1. The minimum absolute atomic E-state index is 0.0435. The second-order valence-corrected chi connectivity index (χ2v) is 5.04. The fraction of sp³-hybridized carbons (Fsp3) is 0.333. The first kappa shape index (κ1) is 15.0. The standard InChI is InChI=1S/C15H17FN2O3/c1-8(6-13-9(2)18-21-10(13)3)17-15(20)12-5-4-11(16)7-14(12)19/h4-5,7-8,19H,6H2,1-3H3,(H,17,20)/t8-/m1/s1. The van der Waals surface area contributed by atoms with Gasteiger partial charge in [-0.15, -0.1) is 0 Å². The molecule has 1 heterocycles. The second kappa shape index (κ2) is 5.95. The number of nitrogens with zero attached hydrogens (tertiary/aromatic N) is 1. The summed E-state index contributed by atoms with van der Waals surface area (Å²) in [6.07, 6.45) is 0.564. The van der Waals surface area contributed by atoms with Crippen molar-refractivity contribution < 1.29 is 18.8 Å². The van der Waals surface area contributed by atoms with Crippen LogP contribution in [0.3, 0.4) is 0 Å². The van der Waals surface area contributed by atoms with Crippen LogP contribution in [0.2, 0.25) is 0 Å². The molecule has 0 spiro atoms. The van der Waals surface area contributed by atoms with Gasteiger partial charge in [0.1, 0.15) is 17.3 Å². The van der Waals surface area contributed by atoms with Crippen LogP contribution in [0.15, 0.2) is 22.7 Å². The van der Waals surface area contributed by atoms with Gasteiger partial charge in [0, 0.05) is 17.7 Å². The molecule has 0 aliphatic rings. The van der Waals surface area contributed by atoms with Crippen molar-refractivity contribution in [3.05, 3.63) is 46.6 Å². The van der Waals surface area contributed by atoms with E-state index in [2.05, 4.69) is 10.5 Å². The summed E-state index contributed by atoms with van der Waals surface area (Å²) in [7, 11) is 0. The summed E-state index contributed by atoms with van der Waals surface area (Å²) in [5, 5.41) is 16.2. The zero-order chi connectivity index (χ0) is 15.6. The van der Waals surface area contributed by atoms with Crippen LogP contribution in [-0.2, 0) is 6.42 Å². The number of rotatable bonds is 4. The largest absolute Gasteiger partial charge is 0.507 e. The summed E-state index contributed by atoms with van der Waals surface area (Å²) in [6.45, 7) is 5.49. The predicted molar refractivity (Wildman–Crippen MR) is 74.7 cm³/mol. The Morgan fingerprint density at radius 1 is 1.48 bits per heavy atom. The first-order valence-electron chi connectivity index (χ1n) is 6.59. The monoisotopic (exact) mass is 292 g/mol. The van der Waals surface area contributed by atoms with E-state index in [1.54, 1.807) is 0 Å². The predicted octanol–water partition coefficient (Wildman–Crippen LogP) is 2.50. The van der Waals surface area contributed by atoms with Crippen LogP contribution < -0.4 is 5.32 Å². The van der Waals surface area contributed by atoms with Crippen molar-refractivity contribution >= 4 is 5.91 Å². The normalized spacial score (nSPS) is 12.2. The number of aryl methyl sites for hydroxylation is 2. The van der Waals surface area contributed by atoms with Crippen LogP contribution >= 0.6 is 0 Å². The van der Waals surface area contributed by atoms with Gasteiger partial charge in [-0.25, -0.2) is 4.39 Å². The number of benzene rings is 1. The molecule has 0 fully saturated rings. The van der Waals surface area contributed by atoms with Crippen molar-refractivity contribution in [1.29, 1.82) is 0 Å². The quantitative estimate of drug-likeness (QED) is 0.908. The summed E-state index contributed by atoms with van der Waals surface area (Å²) in [5.41, 5.74) is 1.78. The molecule has 0 unspecified atom stereocenters. The van der Waals surface area contributed by atoms with E-state index >= 15 is 0 Å². The molecule has 21 heavy (non-hydrogen) atoms. The Balaban J connectivity index is 2.05. The highest BCUT2D eigenvalue weighted by molar-refractivity contribution is 5.96. The number of carbonyl (C=O) groups is 1. The Labute approximate surface area is 121 Å². The Bertz CT molecular complexity index is 647.